The first-order valence-corrected chi connectivity index (χ1v) is 7.17. The van der Waals surface area contributed by atoms with Crippen molar-refractivity contribution in [3.63, 3.8) is 0 Å². The van der Waals surface area contributed by atoms with Gasteiger partial charge >= 0.3 is 0 Å². The molecule has 0 bridgehead atoms. The number of aromatic nitrogens is 1. The molecule has 1 heterocycles. The third-order valence-corrected chi connectivity index (χ3v) is 4.29. The SMILES string of the molecule is CC(C)c1cncc(SCC(=O)C2CC2C)c1. The summed E-state index contributed by atoms with van der Waals surface area (Å²) in [6.07, 6.45) is 4.84. The molecule has 1 aromatic heterocycles. The van der Waals surface area contributed by atoms with Gasteiger partial charge in [-0.15, -0.1) is 11.8 Å². The van der Waals surface area contributed by atoms with Crippen LogP contribution in [0.3, 0.4) is 0 Å². The van der Waals surface area contributed by atoms with Gasteiger partial charge < -0.3 is 0 Å². The van der Waals surface area contributed by atoms with Crippen molar-refractivity contribution in [2.75, 3.05) is 5.75 Å². The lowest BCUT2D eigenvalue weighted by molar-refractivity contribution is -0.118. The molecule has 92 valence electrons. The first-order valence-electron chi connectivity index (χ1n) is 6.18. The minimum Gasteiger partial charge on any atom is -0.298 e. The van der Waals surface area contributed by atoms with E-state index in [4.69, 9.17) is 0 Å². The second-order valence-corrected chi connectivity index (χ2v) is 6.23. The summed E-state index contributed by atoms with van der Waals surface area (Å²) in [7, 11) is 0. The summed E-state index contributed by atoms with van der Waals surface area (Å²) in [6, 6.07) is 2.14. The van der Waals surface area contributed by atoms with E-state index >= 15 is 0 Å². The average molecular weight is 249 g/mol. The predicted octanol–water partition coefficient (Wildman–Crippen LogP) is 3.52. The average Bonchev–Trinajstić information content (AvgIpc) is 3.04. The van der Waals surface area contributed by atoms with E-state index in [9.17, 15) is 4.79 Å². The Labute approximate surface area is 107 Å². The van der Waals surface area contributed by atoms with Crippen LogP contribution in [0.5, 0.6) is 0 Å². The van der Waals surface area contributed by atoms with Gasteiger partial charge in [0.25, 0.3) is 0 Å². The molecule has 2 unspecified atom stereocenters. The Hall–Kier alpha value is -0.830. The van der Waals surface area contributed by atoms with Crippen LogP contribution in [-0.4, -0.2) is 16.5 Å². The predicted molar refractivity (Wildman–Crippen MR) is 71.3 cm³/mol. The monoisotopic (exact) mass is 249 g/mol. The minimum atomic E-state index is 0.337. The van der Waals surface area contributed by atoms with Crippen molar-refractivity contribution in [3.05, 3.63) is 24.0 Å². The van der Waals surface area contributed by atoms with Gasteiger partial charge in [0, 0.05) is 23.2 Å². The van der Waals surface area contributed by atoms with Gasteiger partial charge in [-0.25, -0.2) is 0 Å². The summed E-state index contributed by atoms with van der Waals surface area (Å²) in [4.78, 5) is 17.1. The molecule has 0 spiro atoms. The first kappa shape index (κ1) is 12.6. The second-order valence-electron chi connectivity index (χ2n) is 5.18. The molecule has 0 amide bonds. The molecule has 0 N–H and O–H groups in total. The Kier molecular flexibility index (Phi) is 3.87. The fourth-order valence-electron chi connectivity index (χ4n) is 1.86. The largest absolute Gasteiger partial charge is 0.298 e. The quantitative estimate of drug-likeness (QED) is 0.748. The van der Waals surface area contributed by atoms with Crippen molar-refractivity contribution in [3.8, 4) is 0 Å². The molecule has 0 saturated heterocycles. The van der Waals surface area contributed by atoms with Crippen molar-refractivity contribution in [1.29, 1.82) is 0 Å². The van der Waals surface area contributed by atoms with Crippen molar-refractivity contribution in [1.82, 2.24) is 4.98 Å². The molecule has 0 aromatic carbocycles. The van der Waals surface area contributed by atoms with Gasteiger partial charge in [0.15, 0.2) is 0 Å². The number of ketones is 1. The maximum Gasteiger partial charge on any atom is 0.146 e. The summed E-state index contributed by atoms with van der Waals surface area (Å²) in [5.74, 6) is 2.43. The van der Waals surface area contributed by atoms with Gasteiger partial charge in [-0.2, -0.15) is 0 Å². The van der Waals surface area contributed by atoms with E-state index in [1.54, 1.807) is 11.8 Å². The molecule has 2 atom stereocenters. The molecule has 2 nitrogen and oxygen atoms in total. The molecule has 0 aliphatic heterocycles. The standard InChI is InChI=1S/C14H19NOS/c1-9(2)11-5-12(7-15-6-11)17-8-14(16)13-4-10(13)3/h5-7,9-10,13H,4,8H2,1-3H3. The number of hydrogen-bond donors (Lipinski definition) is 0. The highest BCUT2D eigenvalue weighted by molar-refractivity contribution is 8.00. The zero-order chi connectivity index (χ0) is 12.4. The van der Waals surface area contributed by atoms with Crippen LogP contribution < -0.4 is 0 Å². The van der Waals surface area contributed by atoms with E-state index < -0.39 is 0 Å². The summed E-state index contributed by atoms with van der Waals surface area (Å²) >= 11 is 1.62. The number of carbonyl (C=O) groups excluding carboxylic acids is 1. The molecule has 1 aromatic rings. The van der Waals surface area contributed by atoms with Gasteiger partial charge in [0.1, 0.15) is 5.78 Å². The third-order valence-electron chi connectivity index (χ3n) is 3.31. The molecule has 1 aliphatic carbocycles. The normalized spacial score (nSPS) is 22.8. The Balaban J connectivity index is 1.90. The van der Waals surface area contributed by atoms with Gasteiger partial charge in [0.2, 0.25) is 0 Å². The molecule has 1 saturated carbocycles. The Morgan fingerprint density at radius 3 is 2.82 bits per heavy atom. The maximum atomic E-state index is 11.8. The van der Waals surface area contributed by atoms with E-state index in [2.05, 4.69) is 31.8 Å². The lowest BCUT2D eigenvalue weighted by Crippen LogP contribution is -2.05. The Bertz CT molecular complexity index is 416. The summed E-state index contributed by atoms with van der Waals surface area (Å²) < 4.78 is 0. The van der Waals surface area contributed by atoms with Gasteiger partial charge in [-0.3, -0.25) is 9.78 Å². The smallest absolute Gasteiger partial charge is 0.146 e. The van der Waals surface area contributed by atoms with Crippen LogP contribution in [0, 0.1) is 11.8 Å². The fourth-order valence-corrected chi connectivity index (χ4v) is 2.74. The number of pyridine rings is 1. The molecule has 0 radical (unpaired) electrons. The van der Waals surface area contributed by atoms with Gasteiger partial charge in [-0.1, -0.05) is 20.8 Å². The molecular formula is C14H19NOS. The van der Waals surface area contributed by atoms with E-state index in [0.29, 0.717) is 29.3 Å². The molecule has 3 heteroatoms. The van der Waals surface area contributed by atoms with Crippen LogP contribution in [0.15, 0.2) is 23.4 Å². The van der Waals surface area contributed by atoms with Crippen molar-refractivity contribution in [2.24, 2.45) is 11.8 Å². The van der Waals surface area contributed by atoms with E-state index in [-0.39, 0.29) is 0 Å². The molecule has 17 heavy (non-hydrogen) atoms. The Morgan fingerprint density at radius 1 is 1.53 bits per heavy atom. The summed E-state index contributed by atoms with van der Waals surface area (Å²) in [5, 5.41) is 0. The van der Waals surface area contributed by atoms with E-state index in [1.807, 2.05) is 12.4 Å². The fraction of sp³-hybridized carbons (Fsp3) is 0.571. The second kappa shape index (κ2) is 5.21. The highest BCUT2D eigenvalue weighted by Gasteiger charge is 2.38. The number of rotatable bonds is 5. The number of thioether (sulfide) groups is 1. The van der Waals surface area contributed by atoms with Crippen LogP contribution in [-0.2, 0) is 4.79 Å². The van der Waals surface area contributed by atoms with Crippen molar-refractivity contribution < 1.29 is 4.79 Å². The molecule has 1 aliphatic rings. The Morgan fingerprint density at radius 2 is 2.24 bits per heavy atom. The number of carbonyl (C=O) groups is 1. The van der Waals surface area contributed by atoms with E-state index in [1.165, 1.54) is 5.56 Å². The van der Waals surface area contributed by atoms with Crippen LogP contribution in [0.4, 0.5) is 0 Å². The first-order chi connectivity index (χ1) is 8.08. The van der Waals surface area contributed by atoms with Gasteiger partial charge in [-0.05, 0) is 29.9 Å². The van der Waals surface area contributed by atoms with E-state index in [0.717, 1.165) is 11.3 Å². The molecule has 2 rings (SSSR count). The van der Waals surface area contributed by atoms with Crippen LogP contribution >= 0.6 is 11.8 Å². The van der Waals surface area contributed by atoms with Crippen molar-refractivity contribution >= 4 is 17.5 Å². The van der Waals surface area contributed by atoms with Crippen molar-refractivity contribution in [2.45, 2.75) is 38.0 Å². The highest BCUT2D eigenvalue weighted by Crippen LogP contribution is 2.39. The van der Waals surface area contributed by atoms with Crippen LogP contribution in [0.1, 0.15) is 38.7 Å². The number of hydrogen-bond acceptors (Lipinski definition) is 3. The minimum absolute atomic E-state index is 0.337. The molecular weight excluding hydrogens is 230 g/mol. The number of nitrogens with zero attached hydrogens (tertiary/aromatic N) is 1. The lowest BCUT2D eigenvalue weighted by atomic mass is 10.1. The summed E-state index contributed by atoms with van der Waals surface area (Å²) in [6.45, 7) is 6.46. The van der Waals surface area contributed by atoms with Gasteiger partial charge in [0.05, 0.1) is 5.75 Å². The van der Waals surface area contributed by atoms with Crippen LogP contribution in [0.25, 0.3) is 0 Å². The molecule has 1 fully saturated rings. The maximum absolute atomic E-state index is 11.8. The number of Topliss-reactive ketones (excluding diaryl/α,β-unsaturated/α-hetero) is 1. The topological polar surface area (TPSA) is 30.0 Å². The zero-order valence-corrected chi connectivity index (χ0v) is 11.5. The van der Waals surface area contributed by atoms with Crippen LogP contribution in [0.2, 0.25) is 0 Å². The highest BCUT2D eigenvalue weighted by atomic mass is 32.2. The summed E-state index contributed by atoms with van der Waals surface area (Å²) in [5.41, 5.74) is 1.24. The third kappa shape index (κ3) is 3.32. The zero-order valence-electron chi connectivity index (χ0n) is 10.6. The lowest BCUT2D eigenvalue weighted by Gasteiger charge is -2.06.